The van der Waals surface area contributed by atoms with Gasteiger partial charge < -0.3 is 10.3 Å². The molecule has 2 N–H and O–H groups in total. The van der Waals surface area contributed by atoms with E-state index in [4.69, 9.17) is 0 Å². The maximum absolute atomic E-state index is 12.6. The van der Waals surface area contributed by atoms with Crippen molar-refractivity contribution in [3.8, 4) is 5.69 Å². The number of nitrogens with zero attached hydrogens (tertiary/aromatic N) is 6. The molecule has 0 aliphatic heterocycles. The zero-order valence-corrected chi connectivity index (χ0v) is 16.6. The largest absolute Gasteiger partial charge is 0.324 e. The quantitative estimate of drug-likeness (QED) is 0.429. The lowest BCUT2D eigenvalue weighted by Crippen LogP contribution is -2.26. The molecule has 0 atom stereocenters. The molecule has 5 rings (SSSR count). The summed E-state index contributed by atoms with van der Waals surface area (Å²) >= 11 is 0. The zero-order chi connectivity index (χ0) is 22.1. The number of aryl methyl sites for hydroxylation is 1. The summed E-state index contributed by atoms with van der Waals surface area (Å²) in [5.41, 5.74) is 1.31. The maximum Gasteiger partial charge on any atom is 0.277 e. The number of benzene rings is 2. The number of carbonyl (C=O) groups excluding carboxylic acids is 1. The van der Waals surface area contributed by atoms with Gasteiger partial charge >= 0.3 is 0 Å². The first kappa shape index (κ1) is 19.3. The molecule has 3 heterocycles. The van der Waals surface area contributed by atoms with Gasteiger partial charge in [0.1, 0.15) is 10.9 Å². The van der Waals surface area contributed by atoms with Crippen LogP contribution in [0.3, 0.4) is 0 Å². The van der Waals surface area contributed by atoms with Crippen molar-refractivity contribution in [2.75, 3.05) is 5.32 Å². The van der Waals surface area contributed by atoms with Gasteiger partial charge in [-0.15, -0.1) is 5.10 Å². The second-order valence-electron chi connectivity index (χ2n) is 6.98. The Balaban J connectivity index is 1.38. The van der Waals surface area contributed by atoms with Gasteiger partial charge in [0.05, 0.1) is 35.8 Å². The molecule has 1 amide bonds. The summed E-state index contributed by atoms with van der Waals surface area (Å²) in [7, 11) is 0. The van der Waals surface area contributed by atoms with Crippen LogP contribution in [0.5, 0.6) is 0 Å². The summed E-state index contributed by atoms with van der Waals surface area (Å²) in [6, 6.07) is 13.9. The summed E-state index contributed by atoms with van der Waals surface area (Å²) in [5, 5.41) is 15.8. The van der Waals surface area contributed by atoms with E-state index in [9.17, 15) is 14.4 Å². The number of nitrogens with one attached hydrogen (secondary N) is 2. The van der Waals surface area contributed by atoms with E-state index >= 15 is 0 Å². The average molecular weight is 428 g/mol. The van der Waals surface area contributed by atoms with Crippen LogP contribution in [0.4, 0.5) is 5.69 Å². The number of para-hydroxylation sites is 2. The van der Waals surface area contributed by atoms with E-state index in [2.05, 4.69) is 30.7 Å². The van der Waals surface area contributed by atoms with Crippen LogP contribution >= 0.6 is 0 Å². The second-order valence-corrected chi connectivity index (χ2v) is 6.98. The number of aromatic nitrogens is 7. The summed E-state index contributed by atoms with van der Waals surface area (Å²) < 4.78 is 2.66. The fourth-order valence-corrected chi connectivity index (χ4v) is 3.39. The molecule has 0 spiro atoms. The Morgan fingerprint density at radius 1 is 1.03 bits per heavy atom. The Bertz CT molecular complexity index is 1580. The summed E-state index contributed by atoms with van der Waals surface area (Å²) in [4.78, 5) is 43.8. The first-order valence-corrected chi connectivity index (χ1v) is 9.75. The first-order valence-electron chi connectivity index (χ1n) is 9.75. The van der Waals surface area contributed by atoms with Crippen LogP contribution in [0.1, 0.15) is 6.42 Å². The van der Waals surface area contributed by atoms with E-state index in [1.165, 1.54) is 21.9 Å². The molecule has 11 nitrogen and oxygen atoms in total. The second kappa shape index (κ2) is 7.87. The van der Waals surface area contributed by atoms with E-state index in [1.807, 2.05) is 0 Å². The lowest BCUT2D eigenvalue weighted by molar-refractivity contribution is -0.116. The number of fused-ring (bicyclic) bond motifs is 2. The normalized spacial score (nSPS) is 11.1. The molecule has 5 aromatic rings. The summed E-state index contributed by atoms with van der Waals surface area (Å²) in [6.07, 6.45) is 2.73. The molecular weight excluding hydrogens is 412 g/mol. The lowest BCUT2D eigenvalue weighted by Gasteiger charge is -2.11. The molecule has 0 unspecified atom stereocenters. The molecule has 0 aliphatic carbocycles. The van der Waals surface area contributed by atoms with Crippen molar-refractivity contribution in [2.24, 2.45) is 0 Å². The van der Waals surface area contributed by atoms with Gasteiger partial charge in [0.15, 0.2) is 5.65 Å². The number of hydrogen-bond donors (Lipinski definition) is 2. The Morgan fingerprint density at radius 3 is 2.75 bits per heavy atom. The van der Waals surface area contributed by atoms with Gasteiger partial charge in [-0.2, -0.15) is 5.10 Å². The average Bonchev–Trinajstić information content (AvgIpc) is 3.25. The molecule has 0 radical (unpaired) electrons. The molecule has 0 fully saturated rings. The van der Waals surface area contributed by atoms with Crippen molar-refractivity contribution < 1.29 is 4.79 Å². The maximum atomic E-state index is 12.6. The molecule has 0 bridgehead atoms. The fourth-order valence-electron chi connectivity index (χ4n) is 3.39. The highest BCUT2D eigenvalue weighted by Crippen LogP contribution is 2.22. The smallest absolute Gasteiger partial charge is 0.277 e. The molecule has 11 heteroatoms. The number of anilines is 1. The van der Waals surface area contributed by atoms with Crippen LogP contribution in [0, 0.1) is 0 Å². The van der Waals surface area contributed by atoms with Crippen LogP contribution in [-0.2, 0) is 11.3 Å². The topological polar surface area (TPSA) is 140 Å². The first-order chi connectivity index (χ1) is 15.6. The van der Waals surface area contributed by atoms with Crippen LogP contribution in [0.25, 0.3) is 27.6 Å². The van der Waals surface area contributed by atoms with Gasteiger partial charge in [-0.05, 0) is 24.3 Å². The van der Waals surface area contributed by atoms with Crippen molar-refractivity contribution in [1.29, 1.82) is 0 Å². The number of carbonyl (C=O) groups is 1. The van der Waals surface area contributed by atoms with Gasteiger partial charge in [0.25, 0.3) is 11.1 Å². The molecule has 0 aliphatic rings. The molecule has 3 aromatic heterocycles. The predicted octanol–water partition coefficient (Wildman–Crippen LogP) is 1.24. The van der Waals surface area contributed by atoms with Gasteiger partial charge in [-0.1, -0.05) is 29.5 Å². The number of hydrogen-bond acceptors (Lipinski definition) is 7. The lowest BCUT2D eigenvalue weighted by atomic mass is 10.2. The van der Waals surface area contributed by atoms with Crippen molar-refractivity contribution in [2.45, 2.75) is 13.0 Å². The van der Waals surface area contributed by atoms with Crippen LogP contribution in [0.2, 0.25) is 0 Å². The SMILES string of the molecule is O=C(CCn1nnc2ccccc2c1=O)Nc1ccccc1-n1ncc2c(=O)[nH]cnc21. The summed E-state index contributed by atoms with van der Waals surface area (Å²) in [6.45, 7) is 0.0757. The third-order valence-electron chi connectivity index (χ3n) is 4.96. The Labute approximate surface area is 179 Å². The van der Waals surface area contributed by atoms with E-state index < -0.39 is 0 Å². The fraction of sp³-hybridized carbons (Fsp3) is 0.0952. The molecular formula is C21H16N8O3. The minimum Gasteiger partial charge on any atom is -0.324 e. The minimum absolute atomic E-state index is 0.0129. The van der Waals surface area contributed by atoms with Crippen molar-refractivity contribution >= 4 is 33.5 Å². The molecule has 158 valence electrons. The van der Waals surface area contributed by atoms with Crippen LogP contribution < -0.4 is 16.4 Å². The van der Waals surface area contributed by atoms with E-state index in [0.717, 1.165) is 0 Å². The highest BCUT2D eigenvalue weighted by atomic mass is 16.2. The third kappa shape index (κ3) is 3.41. The van der Waals surface area contributed by atoms with Gasteiger partial charge in [0.2, 0.25) is 5.91 Å². The van der Waals surface area contributed by atoms with Crippen molar-refractivity contribution in [3.05, 3.63) is 81.8 Å². The molecule has 32 heavy (non-hydrogen) atoms. The summed E-state index contributed by atoms with van der Waals surface area (Å²) in [5.74, 6) is -0.318. The third-order valence-corrected chi connectivity index (χ3v) is 4.96. The molecule has 0 saturated carbocycles. The molecule has 0 saturated heterocycles. The van der Waals surface area contributed by atoms with E-state index in [0.29, 0.717) is 33.3 Å². The van der Waals surface area contributed by atoms with Crippen molar-refractivity contribution in [1.82, 2.24) is 34.7 Å². The number of amides is 1. The Morgan fingerprint density at radius 2 is 1.84 bits per heavy atom. The Hall–Kier alpha value is -4.67. The monoisotopic (exact) mass is 428 g/mol. The standard InChI is InChI=1S/C21H16N8O3/c30-18(9-10-28-21(32)13-5-1-2-6-15(13)26-27-28)25-16-7-3-4-8-17(16)29-19-14(11-24-29)20(31)23-12-22-19/h1-8,11-12H,9-10H2,(H,25,30)(H,22,23,31). The number of H-pyrrole nitrogens is 1. The highest BCUT2D eigenvalue weighted by Gasteiger charge is 2.14. The highest BCUT2D eigenvalue weighted by molar-refractivity contribution is 5.93. The number of aromatic amines is 1. The van der Waals surface area contributed by atoms with Crippen LogP contribution in [-0.4, -0.2) is 40.6 Å². The molecule has 2 aromatic carbocycles. The van der Waals surface area contributed by atoms with Gasteiger partial charge in [-0.25, -0.2) is 14.3 Å². The Kier molecular flexibility index (Phi) is 4.75. The number of rotatable bonds is 5. The van der Waals surface area contributed by atoms with Gasteiger partial charge in [-0.3, -0.25) is 14.4 Å². The van der Waals surface area contributed by atoms with Crippen LogP contribution in [0.15, 0.2) is 70.6 Å². The zero-order valence-electron chi connectivity index (χ0n) is 16.6. The van der Waals surface area contributed by atoms with Gasteiger partial charge in [0, 0.05) is 6.42 Å². The van der Waals surface area contributed by atoms with Crippen molar-refractivity contribution in [3.63, 3.8) is 0 Å². The van der Waals surface area contributed by atoms with E-state index in [-0.39, 0.29) is 30.0 Å². The minimum atomic E-state index is -0.318. The van der Waals surface area contributed by atoms with E-state index in [1.54, 1.807) is 48.5 Å². The predicted molar refractivity (Wildman–Crippen MR) is 117 cm³/mol.